The van der Waals surface area contributed by atoms with Crippen LogP contribution in [0, 0.1) is 5.41 Å². The van der Waals surface area contributed by atoms with Crippen molar-refractivity contribution in [3.8, 4) is 0 Å². The first kappa shape index (κ1) is 25.0. The summed E-state index contributed by atoms with van der Waals surface area (Å²) in [5.41, 5.74) is 0.817. The van der Waals surface area contributed by atoms with Crippen LogP contribution >= 0.6 is 23.4 Å². The zero-order chi connectivity index (χ0) is 24.8. The molecule has 2 aromatic heterocycles. The molecule has 3 fully saturated rings. The predicted octanol–water partition coefficient (Wildman–Crippen LogP) is 2.80. The van der Waals surface area contributed by atoms with E-state index in [1.807, 2.05) is 4.90 Å². The minimum Gasteiger partial charge on any atom is -0.390 e. The van der Waals surface area contributed by atoms with E-state index in [0.717, 1.165) is 49.7 Å². The first-order chi connectivity index (χ1) is 16.7. The summed E-state index contributed by atoms with van der Waals surface area (Å²) in [7, 11) is -3.08. The van der Waals surface area contributed by atoms with Gasteiger partial charge in [0.15, 0.2) is 15.7 Å². The second kappa shape index (κ2) is 9.66. The average Bonchev–Trinajstić information content (AvgIpc) is 3.14. The zero-order valence-electron chi connectivity index (χ0n) is 19.9. The molecule has 0 radical (unpaired) electrons. The maximum absolute atomic E-state index is 11.7. The van der Waals surface area contributed by atoms with Crippen molar-refractivity contribution in [2.24, 2.45) is 5.41 Å². The highest BCUT2D eigenvalue weighted by atomic mass is 35.5. The molecule has 0 bridgehead atoms. The van der Waals surface area contributed by atoms with Crippen LogP contribution in [0.25, 0.3) is 0 Å². The Kier molecular flexibility index (Phi) is 6.90. The van der Waals surface area contributed by atoms with Crippen LogP contribution in [0.3, 0.4) is 0 Å². The topological polar surface area (TPSA) is 109 Å². The van der Waals surface area contributed by atoms with E-state index >= 15 is 0 Å². The van der Waals surface area contributed by atoms with Crippen molar-refractivity contribution in [2.75, 3.05) is 48.8 Å². The van der Waals surface area contributed by atoms with Gasteiger partial charge in [0.2, 0.25) is 0 Å². The number of aliphatic hydroxyl groups excluding tert-OH is 1. The lowest BCUT2D eigenvalue weighted by Crippen LogP contribution is -2.55. The van der Waals surface area contributed by atoms with Gasteiger partial charge in [-0.15, -0.1) is 0 Å². The smallest absolute Gasteiger partial charge is 0.153 e. The molecule has 5 heterocycles. The van der Waals surface area contributed by atoms with Crippen LogP contribution in [0.4, 0.5) is 11.6 Å². The van der Waals surface area contributed by atoms with E-state index in [9.17, 15) is 13.5 Å². The summed E-state index contributed by atoms with van der Waals surface area (Å²) in [6.45, 7) is 5.27. The van der Waals surface area contributed by atoms with Gasteiger partial charge in [0.1, 0.15) is 16.5 Å². The third-order valence-electron chi connectivity index (χ3n) is 7.27. The Hall–Kier alpha value is -1.66. The number of pyridine rings is 1. The Morgan fingerprint density at radius 2 is 1.97 bits per heavy atom. The molecule has 3 saturated heterocycles. The molecule has 12 heteroatoms. The van der Waals surface area contributed by atoms with Gasteiger partial charge in [0.05, 0.1) is 35.8 Å². The summed E-state index contributed by atoms with van der Waals surface area (Å²) in [4.78, 5) is 18.5. The van der Waals surface area contributed by atoms with Crippen molar-refractivity contribution in [2.45, 2.75) is 54.1 Å². The van der Waals surface area contributed by atoms with Gasteiger partial charge in [-0.05, 0) is 37.7 Å². The van der Waals surface area contributed by atoms with Crippen LogP contribution in [-0.4, -0.2) is 78.9 Å². The van der Waals surface area contributed by atoms with Crippen molar-refractivity contribution in [3.63, 3.8) is 0 Å². The first-order valence-electron chi connectivity index (χ1n) is 11.8. The fourth-order valence-electron chi connectivity index (χ4n) is 5.12. The van der Waals surface area contributed by atoms with Crippen molar-refractivity contribution in [3.05, 3.63) is 29.2 Å². The first-order valence-corrected chi connectivity index (χ1v) is 14.9. The molecule has 3 aliphatic heterocycles. The molecule has 0 saturated carbocycles. The molecule has 1 N–H and O–H groups in total. The number of piperidine rings is 1. The van der Waals surface area contributed by atoms with Gasteiger partial charge >= 0.3 is 0 Å². The quantitative estimate of drug-likeness (QED) is 0.588. The number of hydrogen-bond acceptors (Lipinski definition) is 10. The Balaban J connectivity index is 1.28. The lowest BCUT2D eigenvalue weighted by atomic mass is 9.77. The van der Waals surface area contributed by atoms with Gasteiger partial charge in [0.25, 0.3) is 0 Å². The number of anilines is 2. The highest BCUT2D eigenvalue weighted by molar-refractivity contribution is 7.99. The van der Waals surface area contributed by atoms with Crippen LogP contribution < -0.4 is 9.80 Å². The molecular formula is C23H30ClN5O4S2. The number of nitrogens with zero attached hydrogens (tertiary/aromatic N) is 5. The average molecular weight is 540 g/mol. The van der Waals surface area contributed by atoms with Crippen molar-refractivity contribution >= 4 is 44.8 Å². The van der Waals surface area contributed by atoms with Crippen molar-refractivity contribution in [1.29, 1.82) is 0 Å². The number of halogens is 1. The lowest BCUT2D eigenvalue weighted by Gasteiger charge is -2.39. The van der Waals surface area contributed by atoms with E-state index in [0.29, 0.717) is 40.8 Å². The fourth-order valence-corrected chi connectivity index (χ4v) is 7.16. The molecule has 1 spiro atoms. The number of hydrogen-bond donors (Lipinski definition) is 1. The Morgan fingerprint density at radius 3 is 2.60 bits per heavy atom. The minimum atomic E-state index is -3.08. The number of rotatable bonds is 6. The Labute approximate surface area is 215 Å². The Morgan fingerprint density at radius 1 is 1.23 bits per heavy atom. The normalized spacial score (nSPS) is 22.6. The number of ether oxygens (including phenoxy) is 1. The van der Waals surface area contributed by atoms with Gasteiger partial charge in [-0.25, -0.2) is 23.4 Å². The number of aromatic nitrogens is 3. The van der Waals surface area contributed by atoms with Crippen LogP contribution in [0.1, 0.15) is 31.9 Å². The molecule has 9 nitrogen and oxygen atoms in total. The van der Waals surface area contributed by atoms with E-state index in [1.54, 1.807) is 18.5 Å². The van der Waals surface area contributed by atoms with E-state index < -0.39 is 15.1 Å². The summed E-state index contributed by atoms with van der Waals surface area (Å²) >= 11 is 7.98. The fraction of sp³-hybridized carbons (Fsp3) is 0.609. The molecule has 0 aliphatic carbocycles. The number of sulfone groups is 1. The molecule has 0 aromatic carbocycles. The summed E-state index contributed by atoms with van der Waals surface area (Å²) in [6, 6.07) is 1.80. The van der Waals surface area contributed by atoms with Crippen LogP contribution in [0.15, 0.2) is 28.4 Å². The predicted molar refractivity (Wildman–Crippen MR) is 136 cm³/mol. The molecule has 0 unspecified atom stereocenters. The highest BCUT2D eigenvalue weighted by Gasteiger charge is 2.41. The van der Waals surface area contributed by atoms with Crippen LogP contribution in [0.5, 0.6) is 0 Å². The number of aliphatic hydroxyl groups is 1. The van der Waals surface area contributed by atoms with Gasteiger partial charge in [-0.2, -0.15) is 0 Å². The molecule has 2 aromatic rings. The standard InChI is InChI=1S/C23H30ClN5O4S2/c1-15-9-23(14-33-15)4-7-28(8-5-23)21-17(13-30)27-19(10-26-21)34-18-3-6-25-22(20(18)24)29-11-16(12-29)35(2,31)32/h3,6,10,15-16,30H,4-5,7-9,11-14H2,1-2H3/t15-/m0/s1. The lowest BCUT2D eigenvalue weighted by molar-refractivity contribution is 0.0975. The molecule has 0 amide bonds. The van der Waals surface area contributed by atoms with E-state index in [1.165, 1.54) is 18.0 Å². The summed E-state index contributed by atoms with van der Waals surface area (Å²) in [6.07, 6.45) is 8.15. The largest absolute Gasteiger partial charge is 0.390 e. The maximum atomic E-state index is 11.7. The van der Waals surface area contributed by atoms with E-state index in [2.05, 4.69) is 26.8 Å². The monoisotopic (exact) mass is 539 g/mol. The molecule has 35 heavy (non-hydrogen) atoms. The summed E-state index contributed by atoms with van der Waals surface area (Å²) in [5.74, 6) is 1.29. The molecule has 1 atom stereocenters. The van der Waals surface area contributed by atoms with Crippen molar-refractivity contribution in [1.82, 2.24) is 15.0 Å². The van der Waals surface area contributed by atoms with Gasteiger partial charge in [-0.1, -0.05) is 23.4 Å². The van der Waals surface area contributed by atoms with E-state index in [4.69, 9.17) is 16.3 Å². The molecule has 190 valence electrons. The molecule has 3 aliphatic rings. The van der Waals surface area contributed by atoms with Crippen LogP contribution in [0.2, 0.25) is 5.02 Å². The van der Waals surface area contributed by atoms with Crippen LogP contribution in [-0.2, 0) is 21.2 Å². The zero-order valence-corrected chi connectivity index (χ0v) is 22.2. The van der Waals surface area contributed by atoms with Crippen molar-refractivity contribution < 1.29 is 18.3 Å². The second-order valence-corrected chi connectivity index (χ2v) is 13.6. The third kappa shape index (κ3) is 5.11. The van der Waals surface area contributed by atoms with Gasteiger partial charge < -0.3 is 19.6 Å². The summed E-state index contributed by atoms with van der Waals surface area (Å²) in [5, 5.41) is 10.7. The maximum Gasteiger partial charge on any atom is 0.153 e. The SMILES string of the molecule is C[C@H]1CC2(CCN(c3ncc(Sc4ccnc(N5CC(S(C)(=O)=O)C5)c4Cl)nc3CO)CC2)CO1. The van der Waals surface area contributed by atoms with Gasteiger partial charge in [0, 0.05) is 43.5 Å². The Bertz CT molecular complexity index is 1200. The molecular weight excluding hydrogens is 510 g/mol. The molecule has 5 rings (SSSR count). The highest BCUT2D eigenvalue weighted by Crippen LogP contribution is 2.43. The summed E-state index contributed by atoms with van der Waals surface area (Å²) < 4.78 is 29.3. The minimum absolute atomic E-state index is 0.200. The van der Waals surface area contributed by atoms with E-state index in [-0.39, 0.29) is 12.0 Å². The third-order valence-corrected chi connectivity index (χ3v) is 10.2. The second-order valence-electron chi connectivity index (χ2n) is 9.85. The van der Waals surface area contributed by atoms with Gasteiger partial charge in [-0.3, -0.25) is 0 Å².